The largest absolute Gasteiger partial charge is 0.393 e. The first kappa shape index (κ1) is 8.01. The fourth-order valence-electron chi connectivity index (χ4n) is 1.41. The number of thiazole rings is 1. The minimum atomic E-state index is -0.0481. The molecule has 0 aromatic carbocycles. The number of hydrogen-bond donors (Lipinski definition) is 2. The first-order valence-electron chi connectivity index (χ1n) is 4.16. The van der Waals surface area contributed by atoms with Crippen LogP contribution in [0.25, 0.3) is 0 Å². The Morgan fingerprint density at radius 1 is 1.67 bits per heavy atom. The molecule has 12 heavy (non-hydrogen) atoms. The van der Waals surface area contributed by atoms with Gasteiger partial charge in [0, 0.05) is 18.1 Å². The average Bonchev–Trinajstić information content (AvgIpc) is 2.47. The second kappa shape index (κ2) is 3.41. The molecule has 66 valence electrons. The molecule has 4 heteroatoms. The van der Waals surface area contributed by atoms with E-state index in [1.807, 2.05) is 5.38 Å². The van der Waals surface area contributed by atoms with Crippen LogP contribution in [0.15, 0.2) is 11.6 Å². The monoisotopic (exact) mass is 184 g/mol. The number of anilines is 1. The van der Waals surface area contributed by atoms with E-state index in [1.165, 1.54) is 0 Å². The first-order valence-corrected chi connectivity index (χ1v) is 5.04. The molecular weight excluding hydrogens is 172 g/mol. The summed E-state index contributed by atoms with van der Waals surface area (Å²) in [5.74, 6) is 0.642. The van der Waals surface area contributed by atoms with Crippen LogP contribution in [0.3, 0.4) is 0 Å². The molecule has 2 rings (SSSR count). The predicted octanol–water partition coefficient (Wildman–Crippen LogP) is 1.33. The SMILES string of the molecule is OC1CC(CNc2nccs2)C1. The van der Waals surface area contributed by atoms with Gasteiger partial charge in [-0.25, -0.2) is 4.98 Å². The number of nitrogens with one attached hydrogen (secondary N) is 1. The van der Waals surface area contributed by atoms with Gasteiger partial charge in [-0.15, -0.1) is 11.3 Å². The van der Waals surface area contributed by atoms with Gasteiger partial charge in [-0.1, -0.05) is 0 Å². The Balaban J connectivity index is 1.70. The van der Waals surface area contributed by atoms with Gasteiger partial charge in [0.2, 0.25) is 0 Å². The van der Waals surface area contributed by atoms with Crippen LogP contribution < -0.4 is 5.32 Å². The minimum absolute atomic E-state index is 0.0481. The molecule has 0 atom stereocenters. The van der Waals surface area contributed by atoms with Crippen LogP contribution in [0.5, 0.6) is 0 Å². The maximum Gasteiger partial charge on any atom is 0.182 e. The van der Waals surface area contributed by atoms with Crippen LogP contribution in [0, 0.1) is 5.92 Å². The molecule has 2 N–H and O–H groups in total. The fraction of sp³-hybridized carbons (Fsp3) is 0.625. The Hall–Kier alpha value is -0.610. The second-order valence-corrected chi connectivity index (χ2v) is 4.10. The van der Waals surface area contributed by atoms with E-state index in [4.69, 9.17) is 5.11 Å². The molecule has 1 aromatic rings. The van der Waals surface area contributed by atoms with Crippen molar-refractivity contribution in [3.8, 4) is 0 Å². The predicted molar refractivity (Wildman–Crippen MR) is 49.3 cm³/mol. The maximum absolute atomic E-state index is 9.03. The summed E-state index contributed by atoms with van der Waals surface area (Å²) in [7, 11) is 0. The van der Waals surface area contributed by atoms with Crippen LogP contribution in [0.4, 0.5) is 5.13 Å². The van der Waals surface area contributed by atoms with E-state index < -0.39 is 0 Å². The summed E-state index contributed by atoms with van der Waals surface area (Å²) in [5, 5.41) is 15.2. The summed E-state index contributed by atoms with van der Waals surface area (Å²) >= 11 is 1.62. The standard InChI is InChI=1S/C8H12N2OS/c11-7-3-6(4-7)5-10-8-9-1-2-12-8/h1-2,6-7,11H,3-5H2,(H,9,10). The molecule has 1 saturated carbocycles. The molecule has 0 amide bonds. The van der Waals surface area contributed by atoms with Crippen LogP contribution in [-0.2, 0) is 0 Å². The molecule has 1 aromatic heterocycles. The summed E-state index contributed by atoms with van der Waals surface area (Å²) in [6, 6.07) is 0. The highest BCUT2D eigenvalue weighted by molar-refractivity contribution is 7.13. The van der Waals surface area contributed by atoms with Gasteiger partial charge in [-0.3, -0.25) is 0 Å². The third-order valence-corrected chi connectivity index (χ3v) is 2.92. The lowest BCUT2D eigenvalue weighted by Gasteiger charge is -2.31. The van der Waals surface area contributed by atoms with Crippen LogP contribution in [0.1, 0.15) is 12.8 Å². The van der Waals surface area contributed by atoms with Crippen molar-refractivity contribution < 1.29 is 5.11 Å². The zero-order valence-electron chi connectivity index (χ0n) is 6.73. The Kier molecular flexibility index (Phi) is 2.28. The summed E-state index contributed by atoms with van der Waals surface area (Å²) in [4.78, 5) is 4.11. The van der Waals surface area contributed by atoms with E-state index in [9.17, 15) is 0 Å². The molecule has 1 heterocycles. The molecule has 0 spiro atoms. The lowest BCUT2D eigenvalue weighted by Crippen LogP contribution is -2.33. The normalized spacial score (nSPS) is 28.1. The van der Waals surface area contributed by atoms with Crippen molar-refractivity contribution in [2.45, 2.75) is 18.9 Å². The highest BCUT2D eigenvalue weighted by Gasteiger charge is 2.26. The third kappa shape index (κ3) is 1.76. The van der Waals surface area contributed by atoms with Gasteiger partial charge < -0.3 is 10.4 Å². The highest BCUT2D eigenvalue weighted by atomic mass is 32.1. The molecule has 0 unspecified atom stereocenters. The molecule has 0 saturated heterocycles. The van der Waals surface area contributed by atoms with Gasteiger partial charge in [0.25, 0.3) is 0 Å². The molecule has 1 fully saturated rings. The zero-order valence-corrected chi connectivity index (χ0v) is 7.55. The molecule has 0 radical (unpaired) electrons. The molecular formula is C8H12N2OS. The van der Waals surface area contributed by atoms with Crippen molar-refractivity contribution in [2.75, 3.05) is 11.9 Å². The lowest BCUT2D eigenvalue weighted by atomic mass is 9.82. The van der Waals surface area contributed by atoms with Gasteiger partial charge >= 0.3 is 0 Å². The highest BCUT2D eigenvalue weighted by Crippen LogP contribution is 2.27. The molecule has 3 nitrogen and oxygen atoms in total. The fourth-order valence-corrected chi connectivity index (χ4v) is 1.95. The second-order valence-electron chi connectivity index (χ2n) is 3.21. The topological polar surface area (TPSA) is 45.1 Å². The van der Waals surface area contributed by atoms with Crippen molar-refractivity contribution in [3.63, 3.8) is 0 Å². The summed E-state index contributed by atoms with van der Waals surface area (Å²) in [5.41, 5.74) is 0. The number of aliphatic hydroxyl groups is 1. The first-order chi connectivity index (χ1) is 5.84. The Labute approximate surface area is 75.5 Å². The Morgan fingerprint density at radius 3 is 3.08 bits per heavy atom. The van der Waals surface area contributed by atoms with Crippen molar-refractivity contribution in [2.24, 2.45) is 5.92 Å². The average molecular weight is 184 g/mol. The van der Waals surface area contributed by atoms with Crippen LogP contribution in [0.2, 0.25) is 0 Å². The van der Waals surface area contributed by atoms with Crippen LogP contribution in [-0.4, -0.2) is 22.7 Å². The van der Waals surface area contributed by atoms with E-state index in [0.717, 1.165) is 24.5 Å². The van der Waals surface area contributed by atoms with E-state index in [-0.39, 0.29) is 6.10 Å². The van der Waals surface area contributed by atoms with Gasteiger partial charge in [0.05, 0.1) is 6.10 Å². The number of aliphatic hydroxyl groups excluding tert-OH is 1. The maximum atomic E-state index is 9.03. The van der Waals surface area contributed by atoms with E-state index in [2.05, 4.69) is 10.3 Å². The Bertz CT molecular complexity index is 231. The van der Waals surface area contributed by atoms with Gasteiger partial charge in [-0.05, 0) is 18.8 Å². The van der Waals surface area contributed by atoms with Crippen molar-refractivity contribution >= 4 is 16.5 Å². The smallest absolute Gasteiger partial charge is 0.182 e. The van der Waals surface area contributed by atoms with Crippen molar-refractivity contribution in [1.82, 2.24) is 4.98 Å². The molecule has 0 bridgehead atoms. The van der Waals surface area contributed by atoms with Gasteiger partial charge in [0.15, 0.2) is 5.13 Å². The molecule has 0 aliphatic heterocycles. The van der Waals surface area contributed by atoms with E-state index in [1.54, 1.807) is 17.5 Å². The number of rotatable bonds is 3. The van der Waals surface area contributed by atoms with Crippen LogP contribution >= 0.6 is 11.3 Å². The van der Waals surface area contributed by atoms with E-state index >= 15 is 0 Å². The number of hydrogen-bond acceptors (Lipinski definition) is 4. The third-order valence-electron chi connectivity index (χ3n) is 2.19. The zero-order chi connectivity index (χ0) is 8.39. The van der Waals surface area contributed by atoms with Crippen molar-refractivity contribution in [1.29, 1.82) is 0 Å². The molecule has 1 aliphatic rings. The molecule has 1 aliphatic carbocycles. The summed E-state index contributed by atoms with van der Waals surface area (Å²) in [6.45, 7) is 0.949. The lowest BCUT2D eigenvalue weighted by molar-refractivity contribution is 0.0487. The van der Waals surface area contributed by atoms with Gasteiger partial charge in [-0.2, -0.15) is 0 Å². The number of nitrogens with zero attached hydrogens (tertiary/aromatic N) is 1. The number of aromatic nitrogens is 1. The summed E-state index contributed by atoms with van der Waals surface area (Å²) < 4.78 is 0. The quantitative estimate of drug-likeness (QED) is 0.744. The van der Waals surface area contributed by atoms with Crippen molar-refractivity contribution in [3.05, 3.63) is 11.6 Å². The Morgan fingerprint density at radius 2 is 2.50 bits per heavy atom. The van der Waals surface area contributed by atoms with Gasteiger partial charge in [0.1, 0.15) is 0 Å². The minimum Gasteiger partial charge on any atom is -0.393 e. The summed E-state index contributed by atoms with van der Waals surface area (Å²) in [6.07, 6.45) is 3.63. The van der Waals surface area contributed by atoms with E-state index in [0.29, 0.717) is 5.92 Å².